The van der Waals surface area contributed by atoms with E-state index in [0.29, 0.717) is 16.3 Å². The highest BCUT2D eigenvalue weighted by Gasteiger charge is 2.30. The van der Waals surface area contributed by atoms with Crippen LogP contribution in [0.2, 0.25) is 0 Å². The number of alkyl halides is 3. The van der Waals surface area contributed by atoms with Gasteiger partial charge in [0.25, 0.3) is 5.69 Å². The lowest BCUT2D eigenvalue weighted by molar-refractivity contribution is -0.384. The average Bonchev–Trinajstić information content (AvgIpc) is 3.18. The molecule has 0 radical (unpaired) electrons. The van der Waals surface area contributed by atoms with Crippen molar-refractivity contribution in [1.29, 1.82) is 5.26 Å². The van der Waals surface area contributed by atoms with Crippen LogP contribution in [0.5, 0.6) is 0 Å². The standard InChI is InChI=1S/C19H11F3N4O2S/c20-19(21,22)14-4-2-5-15(8-14)24-10-13(9-23)18-25-17(11-29-18)12-3-1-6-16(7-12)26(27)28/h1-8,10-11,24H/b13-10+. The molecule has 1 N–H and O–H groups in total. The summed E-state index contributed by atoms with van der Waals surface area (Å²) in [5.74, 6) is 0. The van der Waals surface area contributed by atoms with Crippen LogP contribution in [-0.4, -0.2) is 9.91 Å². The van der Waals surface area contributed by atoms with Gasteiger partial charge in [-0.1, -0.05) is 18.2 Å². The number of nitriles is 1. The van der Waals surface area contributed by atoms with Crippen LogP contribution in [0.4, 0.5) is 24.5 Å². The lowest BCUT2D eigenvalue weighted by Gasteiger charge is -2.08. The van der Waals surface area contributed by atoms with Crippen molar-refractivity contribution in [2.24, 2.45) is 0 Å². The molecule has 2 aromatic carbocycles. The van der Waals surface area contributed by atoms with E-state index in [0.717, 1.165) is 23.5 Å². The number of halogens is 3. The molecule has 0 aliphatic heterocycles. The van der Waals surface area contributed by atoms with E-state index in [-0.39, 0.29) is 16.9 Å². The van der Waals surface area contributed by atoms with E-state index in [2.05, 4.69) is 10.3 Å². The summed E-state index contributed by atoms with van der Waals surface area (Å²) in [6.07, 6.45) is -3.20. The number of benzene rings is 2. The first kappa shape index (κ1) is 20.0. The molecule has 1 heterocycles. The second-order valence-corrected chi connectivity index (χ2v) is 6.60. The zero-order valence-electron chi connectivity index (χ0n) is 14.5. The minimum absolute atomic E-state index is 0.0840. The number of nitro benzene ring substituents is 1. The van der Waals surface area contributed by atoms with E-state index >= 15 is 0 Å². The Bertz CT molecular complexity index is 1130. The molecular formula is C19H11F3N4O2S. The molecule has 29 heavy (non-hydrogen) atoms. The minimum atomic E-state index is -4.47. The van der Waals surface area contributed by atoms with Gasteiger partial charge < -0.3 is 5.32 Å². The van der Waals surface area contributed by atoms with Crippen LogP contribution in [0, 0.1) is 21.4 Å². The molecule has 0 fully saturated rings. The molecule has 0 aliphatic rings. The molecule has 3 rings (SSSR count). The molecule has 3 aromatic rings. The molecule has 10 heteroatoms. The van der Waals surface area contributed by atoms with Gasteiger partial charge in [-0.25, -0.2) is 4.98 Å². The molecule has 146 valence electrons. The summed E-state index contributed by atoms with van der Waals surface area (Å²) >= 11 is 1.14. The number of rotatable bonds is 5. The largest absolute Gasteiger partial charge is 0.416 e. The Morgan fingerprint density at radius 1 is 1.24 bits per heavy atom. The Morgan fingerprint density at radius 3 is 2.69 bits per heavy atom. The Labute approximate surface area is 166 Å². The van der Waals surface area contributed by atoms with Gasteiger partial charge >= 0.3 is 6.18 Å². The maximum Gasteiger partial charge on any atom is 0.416 e. The van der Waals surface area contributed by atoms with Crippen molar-refractivity contribution >= 4 is 28.3 Å². The van der Waals surface area contributed by atoms with Crippen molar-refractivity contribution in [3.05, 3.63) is 80.8 Å². The lowest BCUT2D eigenvalue weighted by Crippen LogP contribution is -2.05. The SMILES string of the molecule is N#C/C(=C\Nc1cccc(C(F)(F)F)c1)c1nc(-c2cccc([N+](=O)[O-])c2)cs1. The minimum Gasteiger partial charge on any atom is -0.360 e. The fraction of sp³-hybridized carbons (Fsp3) is 0.0526. The van der Waals surface area contributed by atoms with E-state index in [1.165, 1.54) is 36.5 Å². The summed E-state index contributed by atoms with van der Waals surface area (Å²) in [5.41, 5.74) is 0.363. The normalized spacial score (nSPS) is 11.7. The molecule has 0 saturated heterocycles. The Kier molecular flexibility index (Phi) is 5.61. The summed E-state index contributed by atoms with van der Waals surface area (Å²) in [6.45, 7) is 0. The van der Waals surface area contributed by atoms with Crippen molar-refractivity contribution in [2.45, 2.75) is 6.18 Å². The van der Waals surface area contributed by atoms with E-state index in [1.54, 1.807) is 11.4 Å². The molecule has 0 amide bonds. The van der Waals surface area contributed by atoms with Crippen LogP contribution in [0.25, 0.3) is 16.8 Å². The van der Waals surface area contributed by atoms with Crippen LogP contribution in [-0.2, 0) is 6.18 Å². The number of allylic oxidation sites excluding steroid dienone is 1. The second kappa shape index (κ2) is 8.12. The third kappa shape index (κ3) is 4.77. The van der Waals surface area contributed by atoms with Crippen LogP contribution in [0.3, 0.4) is 0 Å². The Balaban J connectivity index is 1.84. The van der Waals surface area contributed by atoms with Crippen LogP contribution >= 0.6 is 11.3 Å². The van der Waals surface area contributed by atoms with Gasteiger partial charge in [0.05, 0.1) is 16.2 Å². The quantitative estimate of drug-likeness (QED) is 0.327. The molecular weight excluding hydrogens is 405 g/mol. The number of anilines is 1. The molecule has 6 nitrogen and oxygen atoms in total. The fourth-order valence-electron chi connectivity index (χ4n) is 2.39. The maximum atomic E-state index is 12.8. The van der Waals surface area contributed by atoms with Gasteiger partial charge in [-0.05, 0) is 18.2 Å². The van der Waals surface area contributed by atoms with Gasteiger partial charge in [0, 0.05) is 35.0 Å². The smallest absolute Gasteiger partial charge is 0.360 e. The highest BCUT2D eigenvalue weighted by molar-refractivity contribution is 7.11. The zero-order chi connectivity index (χ0) is 21.0. The van der Waals surface area contributed by atoms with E-state index < -0.39 is 16.7 Å². The molecule has 0 spiro atoms. The summed E-state index contributed by atoms with van der Waals surface area (Å²) in [4.78, 5) is 14.7. The highest BCUT2D eigenvalue weighted by Crippen LogP contribution is 2.31. The molecule has 1 aromatic heterocycles. The summed E-state index contributed by atoms with van der Waals surface area (Å²) in [6, 6.07) is 12.4. The number of nitro groups is 1. The molecule has 0 aliphatic carbocycles. The number of aromatic nitrogens is 1. The third-order valence-electron chi connectivity index (χ3n) is 3.78. The lowest BCUT2D eigenvalue weighted by atomic mass is 10.1. The third-order valence-corrected chi connectivity index (χ3v) is 4.66. The summed E-state index contributed by atoms with van der Waals surface area (Å²) in [7, 11) is 0. The van der Waals surface area contributed by atoms with Crippen LogP contribution in [0.1, 0.15) is 10.6 Å². The number of nitrogens with zero attached hydrogens (tertiary/aromatic N) is 3. The number of nitrogens with one attached hydrogen (secondary N) is 1. The first-order chi connectivity index (χ1) is 13.8. The van der Waals surface area contributed by atoms with E-state index in [9.17, 15) is 28.5 Å². The van der Waals surface area contributed by atoms with Gasteiger partial charge in [0.2, 0.25) is 0 Å². The monoisotopic (exact) mass is 416 g/mol. The predicted molar refractivity (Wildman–Crippen MR) is 103 cm³/mol. The predicted octanol–water partition coefficient (Wildman–Crippen LogP) is 5.71. The Hall–Kier alpha value is -3.71. The summed E-state index contributed by atoms with van der Waals surface area (Å²) in [5, 5.41) is 24.9. The van der Waals surface area contributed by atoms with Crippen molar-refractivity contribution in [3.63, 3.8) is 0 Å². The van der Waals surface area contributed by atoms with Crippen LogP contribution in [0.15, 0.2) is 60.1 Å². The van der Waals surface area contributed by atoms with Gasteiger partial charge in [-0.3, -0.25) is 10.1 Å². The van der Waals surface area contributed by atoms with Gasteiger partial charge in [0.1, 0.15) is 16.6 Å². The number of thiazole rings is 1. The first-order valence-corrected chi connectivity index (χ1v) is 8.90. The van der Waals surface area contributed by atoms with Gasteiger partial charge in [-0.15, -0.1) is 11.3 Å². The molecule has 0 atom stereocenters. The first-order valence-electron chi connectivity index (χ1n) is 8.03. The van der Waals surface area contributed by atoms with Gasteiger partial charge in [-0.2, -0.15) is 18.4 Å². The van der Waals surface area contributed by atoms with Crippen LogP contribution < -0.4 is 5.32 Å². The molecule has 0 unspecified atom stereocenters. The maximum absolute atomic E-state index is 12.8. The topological polar surface area (TPSA) is 91.8 Å². The zero-order valence-corrected chi connectivity index (χ0v) is 15.3. The van der Waals surface area contributed by atoms with Crippen molar-refractivity contribution in [3.8, 4) is 17.3 Å². The number of hydrogen-bond acceptors (Lipinski definition) is 6. The van der Waals surface area contributed by atoms with Gasteiger partial charge in [0.15, 0.2) is 0 Å². The van der Waals surface area contributed by atoms with E-state index in [4.69, 9.17) is 0 Å². The Morgan fingerprint density at radius 2 is 2.00 bits per heavy atom. The van der Waals surface area contributed by atoms with Crippen molar-refractivity contribution < 1.29 is 18.1 Å². The number of hydrogen-bond donors (Lipinski definition) is 1. The van der Waals surface area contributed by atoms with Crippen molar-refractivity contribution in [1.82, 2.24) is 4.98 Å². The van der Waals surface area contributed by atoms with E-state index in [1.807, 2.05) is 6.07 Å². The molecule has 0 bridgehead atoms. The molecule has 0 saturated carbocycles. The summed E-state index contributed by atoms with van der Waals surface area (Å²) < 4.78 is 38.4. The fourth-order valence-corrected chi connectivity index (χ4v) is 3.19. The number of non-ortho nitro benzene ring substituents is 1. The average molecular weight is 416 g/mol. The highest BCUT2D eigenvalue weighted by atomic mass is 32.1. The van der Waals surface area contributed by atoms with Crippen molar-refractivity contribution in [2.75, 3.05) is 5.32 Å². The second-order valence-electron chi connectivity index (χ2n) is 5.74.